The Morgan fingerprint density at radius 2 is 1.92 bits per heavy atom. The third kappa shape index (κ3) is 2.65. The minimum atomic E-state index is -4.57. The summed E-state index contributed by atoms with van der Waals surface area (Å²) < 4.78 is 42.6. The Bertz CT molecular complexity index is 979. The van der Waals surface area contributed by atoms with Gasteiger partial charge in [0, 0.05) is 35.7 Å². The summed E-state index contributed by atoms with van der Waals surface area (Å²) in [6, 6.07) is 9.48. The highest BCUT2D eigenvalue weighted by molar-refractivity contribution is 6.30. The molecule has 0 radical (unpaired) electrons. The fraction of sp³-hybridized carbons (Fsp3) is 0.222. The maximum atomic E-state index is 13.7. The maximum absolute atomic E-state index is 13.7. The van der Waals surface area contributed by atoms with Crippen molar-refractivity contribution in [3.8, 4) is 17.0 Å². The number of alkyl halides is 3. The predicted octanol–water partition coefficient (Wildman–Crippen LogP) is 4.79. The molecule has 7 heteroatoms. The lowest BCUT2D eigenvalue weighted by Gasteiger charge is -2.17. The van der Waals surface area contributed by atoms with Crippen LogP contribution >= 0.6 is 11.6 Å². The zero-order chi connectivity index (χ0) is 17.8. The van der Waals surface area contributed by atoms with E-state index in [1.165, 1.54) is 0 Å². The minimum Gasteiger partial charge on any atom is -0.494 e. The van der Waals surface area contributed by atoms with Crippen LogP contribution in [0.25, 0.3) is 21.9 Å². The number of benzene rings is 2. The molecule has 0 spiro atoms. The summed E-state index contributed by atoms with van der Waals surface area (Å²) in [7, 11) is 0. The van der Waals surface area contributed by atoms with Crippen molar-refractivity contribution in [3.63, 3.8) is 0 Å². The maximum Gasteiger partial charge on any atom is 0.417 e. The Balaban J connectivity index is 2.07. The summed E-state index contributed by atoms with van der Waals surface area (Å²) >= 11 is 5.99. The molecule has 3 nitrogen and oxygen atoms in total. The van der Waals surface area contributed by atoms with Crippen LogP contribution in [0.4, 0.5) is 13.2 Å². The largest absolute Gasteiger partial charge is 0.494 e. The third-order valence-electron chi connectivity index (χ3n) is 4.52. The molecule has 0 atom stereocenters. The average molecular weight is 367 g/mol. The first-order chi connectivity index (χ1) is 11.9. The van der Waals surface area contributed by atoms with Crippen LogP contribution in [0.2, 0.25) is 5.02 Å². The van der Waals surface area contributed by atoms with E-state index in [9.17, 15) is 18.3 Å². The van der Waals surface area contributed by atoms with E-state index in [0.717, 1.165) is 6.07 Å². The van der Waals surface area contributed by atoms with E-state index in [0.29, 0.717) is 46.9 Å². The van der Waals surface area contributed by atoms with Gasteiger partial charge in [0.15, 0.2) is 5.88 Å². The molecule has 3 aromatic rings. The van der Waals surface area contributed by atoms with Crippen molar-refractivity contribution in [1.29, 1.82) is 0 Å². The van der Waals surface area contributed by atoms with Gasteiger partial charge >= 0.3 is 6.18 Å². The van der Waals surface area contributed by atoms with Gasteiger partial charge in [0.2, 0.25) is 0 Å². The summed E-state index contributed by atoms with van der Waals surface area (Å²) in [4.78, 5) is 0. The SMILES string of the molecule is Oc1c2c(C(F)(F)F)cc(-c3cccc(Cl)c3)cc2c2n1CCNC2. The van der Waals surface area contributed by atoms with Crippen molar-refractivity contribution in [3.05, 3.63) is 52.7 Å². The molecule has 130 valence electrons. The van der Waals surface area contributed by atoms with E-state index in [1.54, 1.807) is 34.9 Å². The van der Waals surface area contributed by atoms with Crippen LogP contribution < -0.4 is 5.32 Å². The van der Waals surface area contributed by atoms with Crippen LogP contribution in [0.3, 0.4) is 0 Å². The van der Waals surface area contributed by atoms with E-state index in [2.05, 4.69) is 5.32 Å². The van der Waals surface area contributed by atoms with Gasteiger partial charge in [0.05, 0.1) is 10.9 Å². The third-order valence-corrected chi connectivity index (χ3v) is 4.76. The lowest BCUT2D eigenvalue weighted by atomic mass is 9.97. The van der Waals surface area contributed by atoms with E-state index in [1.807, 2.05) is 0 Å². The Labute approximate surface area is 146 Å². The Kier molecular flexibility index (Phi) is 3.70. The average Bonchev–Trinajstić information content (AvgIpc) is 2.87. The van der Waals surface area contributed by atoms with Gasteiger partial charge in [0.1, 0.15) is 0 Å². The zero-order valence-electron chi connectivity index (χ0n) is 13.0. The number of rotatable bonds is 1. The molecule has 0 saturated heterocycles. The molecule has 0 saturated carbocycles. The number of aromatic hydroxyl groups is 1. The van der Waals surface area contributed by atoms with E-state index >= 15 is 0 Å². The molecule has 2 heterocycles. The number of nitrogens with zero attached hydrogens (tertiary/aromatic N) is 1. The Morgan fingerprint density at radius 3 is 2.64 bits per heavy atom. The molecule has 0 fully saturated rings. The molecule has 0 amide bonds. The summed E-state index contributed by atoms with van der Waals surface area (Å²) in [6.07, 6.45) is -4.57. The number of fused-ring (bicyclic) bond motifs is 3. The molecular weight excluding hydrogens is 353 g/mol. The Morgan fingerprint density at radius 1 is 1.12 bits per heavy atom. The van der Waals surface area contributed by atoms with Crippen molar-refractivity contribution >= 4 is 22.4 Å². The standard InChI is InChI=1S/C18H14ClF3N2O/c19-12-3-1-2-10(6-12)11-7-13-15-9-23-4-5-24(15)17(25)16(13)14(8-11)18(20,21)22/h1-3,6-8,23,25H,4-5,9H2. The topological polar surface area (TPSA) is 37.2 Å². The predicted molar refractivity (Wildman–Crippen MR) is 90.8 cm³/mol. The van der Waals surface area contributed by atoms with Crippen molar-refractivity contribution in [1.82, 2.24) is 9.88 Å². The summed E-state index contributed by atoms with van der Waals surface area (Å²) in [5.41, 5.74) is 0.844. The summed E-state index contributed by atoms with van der Waals surface area (Å²) in [6.45, 7) is 1.44. The smallest absolute Gasteiger partial charge is 0.417 e. The highest BCUT2D eigenvalue weighted by Gasteiger charge is 2.36. The van der Waals surface area contributed by atoms with Crippen LogP contribution in [0.1, 0.15) is 11.3 Å². The molecular formula is C18H14ClF3N2O. The molecule has 25 heavy (non-hydrogen) atoms. The van der Waals surface area contributed by atoms with Gasteiger partial charge < -0.3 is 15.0 Å². The number of nitrogens with one attached hydrogen (secondary N) is 1. The van der Waals surface area contributed by atoms with Crippen LogP contribution in [0.5, 0.6) is 5.88 Å². The molecule has 4 rings (SSSR count). The van der Waals surface area contributed by atoms with Gasteiger partial charge in [-0.1, -0.05) is 23.7 Å². The van der Waals surface area contributed by atoms with Crippen molar-refractivity contribution in [2.45, 2.75) is 19.3 Å². The highest BCUT2D eigenvalue weighted by Crippen LogP contribution is 2.44. The first-order valence-corrected chi connectivity index (χ1v) is 8.16. The quantitative estimate of drug-likeness (QED) is 0.649. The molecule has 1 aliphatic heterocycles. The molecule has 1 aliphatic rings. The second-order valence-electron chi connectivity index (χ2n) is 6.05. The number of hydrogen-bond acceptors (Lipinski definition) is 2. The van der Waals surface area contributed by atoms with Crippen LogP contribution in [0.15, 0.2) is 36.4 Å². The number of hydrogen-bond donors (Lipinski definition) is 2. The van der Waals surface area contributed by atoms with Gasteiger partial charge in [-0.25, -0.2) is 0 Å². The van der Waals surface area contributed by atoms with E-state index in [-0.39, 0.29) is 11.3 Å². The molecule has 0 bridgehead atoms. The van der Waals surface area contributed by atoms with Gasteiger partial charge in [0.25, 0.3) is 0 Å². The minimum absolute atomic E-state index is 0.142. The summed E-state index contributed by atoms with van der Waals surface area (Å²) in [5.74, 6) is -0.323. The second-order valence-corrected chi connectivity index (χ2v) is 6.49. The summed E-state index contributed by atoms with van der Waals surface area (Å²) in [5, 5.41) is 14.3. The Hall–Kier alpha value is -2.18. The van der Waals surface area contributed by atoms with Gasteiger partial charge in [-0.15, -0.1) is 0 Å². The van der Waals surface area contributed by atoms with Crippen molar-refractivity contribution in [2.24, 2.45) is 0 Å². The lowest BCUT2D eigenvalue weighted by molar-refractivity contribution is -0.136. The van der Waals surface area contributed by atoms with Crippen LogP contribution in [0, 0.1) is 0 Å². The molecule has 2 N–H and O–H groups in total. The number of aromatic nitrogens is 1. The van der Waals surface area contributed by atoms with Gasteiger partial charge in [-0.2, -0.15) is 13.2 Å². The normalized spacial score (nSPS) is 14.7. The van der Waals surface area contributed by atoms with Gasteiger partial charge in [-0.05, 0) is 35.4 Å². The fourth-order valence-electron chi connectivity index (χ4n) is 3.41. The fourth-order valence-corrected chi connectivity index (χ4v) is 3.60. The monoisotopic (exact) mass is 366 g/mol. The zero-order valence-corrected chi connectivity index (χ0v) is 13.7. The lowest BCUT2D eigenvalue weighted by Crippen LogP contribution is -2.27. The second kappa shape index (κ2) is 5.68. The first-order valence-electron chi connectivity index (χ1n) is 7.78. The highest BCUT2D eigenvalue weighted by atomic mass is 35.5. The van der Waals surface area contributed by atoms with E-state index in [4.69, 9.17) is 11.6 Å². The van der Waals surface area contributed by atoms with Crippen molar-refractivity contribution in [2.75, 3.05) is 6.54 Å². The number of halogens is 4. The van der Waals surface area contributed by atoms with E-state index < -0.39 is 11.7 Å². The molecule has 0 unspecified atom stereocenters. The molecule has 0 aliphatic carbocycles. The molecule has 1 aromatic heterocycles. The first kappa shape index (κ1) is 16.3. The molecule has 2 aromatic carbocycles. The van der Waals surface area contributed by atoms with Crippen LogP contribution in [-0.2, 0) is 19.3 Å². The van der Waals surface area contributed by atoms with Crippen molar-refractivity contribution < 1.29 is 18.3 Å². The van der Waals surface area contributed by atoms with Gasteiger partial charge in [-0.3, -0.25) is 0 Å². The van der Waals surface area contributed by atoms with Crippen LogP contribution in [-0.4, -0.2) is 16.2 Å².